The number of rotatable bonds is 1. The molecule has 0 atom stereocenters. The normalized spacial score (nSPS) is 14.8. The highest BCUT2D eigenvalue weighted by Gasteiger charge is 2.31. The maximum absolute atomic E-state index is 12.8. The van der Waals surface area contributed by atoms with Crippen LogP contribution >= 0.6 is 0 Å². The fraction of sp³-hybridized carbons (Fsp3) is 0.267. The molecule has 130 valence electrons. The Kier molecular flexibility index (Phi) is 3.24. The van der Waals surface area contributed by atoms with E-state index in [4.69, 9.17) is 5.11 Å². The van der Waals surface area contributed by atoms with E-state index < -0.39 is 17.8 Å². The lowest BCUT2D eigenvalue weighted by Crippen LogP contribution is -2.34. The van der Waals surface area contributed by atoms with E-state index in [9.17, 15) is 18.0 Å². The molecular weight excluding hydrogens is 339 g/mol. The minimum Gasteiger partial charge on any atom is -0.465 e. The average molecular weight is 351 g/mol. The van der Waals surface area contributed by atoms with Gasteiger partial charge in [-0.15, -0.1) is 0 Å². The van der Waals surface area contributed by atoms with Gasteiger partial charge in [0, 0.05) is 24.2 Å². The van der Waals surface area contributed by atoms with Gasteiger partial charge in [0.1, 0.15) is 5.69 Å². The Morgan fingerprint density at radius 3 is 2.84 bits per heavy atom. The first-order valence-corrected chi connectivity index (χ1v) is 7.44. The molecule has 1 aromatic carbocycles. The molecule has 0 fully saturated rings. The lowest BCUT2D eigenvalue weighted by Gasteiger charge is -2.23. The molecule has 0 bridgehead atoms. The zero-order valence-electron chi connectivity index (χ0n) is 12.7. The molecule has 3 N–H and O–H groups in total. The van der Waals surface area contributed by atoms with E-state index in [1.54, 1.807) is 0 Å². The van der Waals surface area contributed by atoms with Gasteiger partial charge in [-0.2, -0.15) is 18.3 Å². The zero-order chi connectivity index (χ0) is 17.8. The number of hydrogen-bond donors (Lipinski definition) is 3. The van der Waals surface area contributed by atoms with Crippen molar-refractivity contribution in [3.63, 3.8) is 0 Å². The molecule has 0 radical (unpaired) electrons. The van der Waals surface area contributed by atoms with Gasteiger partial charge in [-0.1, -0.05) is 0 Å². The molecule has 2 aromatic heterocycles. The molecule has 3 aromatic rings. The van der Waals surface area contributed by atoms with Crippen molar-refractivity contribution in [2.24, 2.45) is 0 Å². The van der Waals surface area contributed by atoms with Crippen molar-refractivity contribution in [2.45, 2.75) is 19.1 Å². The Morgan fingerprint density at radius 2 is 2.12 bits per heavy atom. The lowest BCUT2D eigenvalue weighted by atomic mass is 10.1. The number of carbonyl (C=O) groups is 1. The van der Waals surface area contributed by atoms with Gasteiger partial charge in [0.15, 0.2) is 5.82 Å². The number of aromatic amines is 2. The fourth-order valence-electron chi connectivity index (χ4n) is 2.95. The number of alkyl halides is 3. The lowest BCUT2D eigenvalue weighted by molar-refractivity contribution is -0.137. The van der Waals surface area contributed by atoms with Crippen LogP contribution in [0.15, 0.2) is 18.2 Å². The molecule has 0 saturated heterocycles. The van der Waals surface area contributed by atoms with Gasteiger partial charge >= 0.3 is 12.3 Å². The molecule has 1 amide bonds. The molecule has 7 nitrogen and oxygen atoms in total. The minimum absolute atomic E-state index is 0.154. The quantitative estimate of drug-likeness (QED) is 0.628. The molecular formula is C15H12F3N5O2. The molecule has 25 heavy (non-hydrogen) atoms. The van der Waals surface area contributed by atoms with Crippen LogP contribution in [-0.2, 0) is 19.1 Å². The summed E-state index contributed by atoms with van der Waals surface area (Å²) < 4.78 is 38.5. The number of amides is 1. The average Bonchev–Trinajstić information content (AvgIpc) is 3.15. The highest BCUT2D eigenvalue weighted by Crippen LogP contribution is 2.32. The summed E-state index contributed by atoms with van der Waals surface area (Å²) in [6, 6.07) is 3.26. The van der Waals surface area contributed by atoms with Crippen molar-refractivity contribution in [3.05, 3.63) is 35.0 Å². The van der Waals surface area contributed by atoms with E-state index in [0.29, 0.717) is 35.6 Å². The zero-order valence-corrected chi connectivity index (χ0v) is 12.7. The number of benzene rings is 1. The van der Waals surface area contributed by atoms with E-state index in [1.807, 2.05) is 0 Å². The first-order valence-electron chi connectivity index (χ1n) is 7.44. The summed E-state index contributed by atoms with van der Waals surface area (Å²) in [5.41, 5.74) is 1.77. The number of hydrogen-bond acceptors (Lipinski definition) is 3. The molecule has 10 heteroatoms. The van der Waals surface area contributed by atoms with Crippen LogP contribution in [0.4, 0.5) is 18.0 Å². The third-order valence-corrected chi connectivity index (χ3v) is 4.24. The third-order valence-electron chi connectivity index (χ3n) is 4.24. The smallest absolute Gasteiger partial charge is 0.416 e. The molecule has 0 spiro atoms. The molecule has 0 aliphatic carbocycles. The van der Waals surface area contributed by atoms with E-state index >= 15 is 0 Å². The first-order chi connectivity index (χ1) is 11.8. The van der Waals surface area contributed by atoms with Gasteiger partial charge in [-0.05, 0) is 18.2 Å². The summed E-state index contributed by atoms with van der Waals surface area (Å²) >= 11 is 0. The molecule has 1 aliphatic heterocycles. The van der Waals surface area contributed by atoms with E-state index in [1.165, 1.54) is 11.0 Å². The second-order valence-corrected chi connectivity index (χ2v) is 5.80. The van der Waals surface area contributed by atoms with Crippen LogP contribution in [0.5, 0.6) is 0 Å². The molecule has 3 heterocycles. The van der Waals surface area contributed by atoms with E-state index in [-0.39, 0.29) is 12.1 Å². The predicted molar refractivity (Wildman–Crippen MR) is 80.8 cm³/mol. The first kappa shape index (κ1) is 15.5. The Bertz CT molecular complexity index is 975. The van der Waals surface area contributed by atoms with Crippen LogP contribution in [0.2, 0.25) is 0 Å². The third kappa shape index (κ3) is 2.59. The second-order valence-electron chi connectivity index (χ2n) is 5.80. The summed E-state index contributed by atoms with van der Waals surface area (Å²) in [5.74, 6) is 0.305. The summed E-state index contributed by atoms with van der Waals surface area (Å²) in [7, 11) is 0. The van der Waals surface area contributed by atoms with E-state index in [0.717, 1.165) is 17.8 Å². The minimum atomic E-state index is -4.44. The van der Waals surface area contributed by atoms with Crippen molar-refractivity contribution >= 4 is 17.1 Å². The summed E-state index contributed by atoms with van der Waals surface area (Å²) in [5, 5.41) is 16.2. The van der Waals surface area contributed by atoms with Gasteiger partial charge < -0.3 is 15.0 Å². The number of carboxylic acid groups (broad SMARTS) is 1. The molecule has 1 aliphatic rings. The van der Waals surface area contributed by atoms with Crippen LogP contribution in [0, 0.1) is 0 Å². The molecule has 0 saturated carbocycles. The Balaban J connectivity index is 1.76. The van der Waals surface area contributed by atoms with Crippen molar-refractivity contribution in [2.75, 3.05) is 6.54 Å². The van der Waals surface area contributed by atoms with Crippen molar-refractivity contribution < 1.29 is 23.1 Å². The largest absolute Gasteiger partial charge is 0.465 e. The van der Waals surface area contributed by atoms with Gasteiger partial charge in [-0.3, -0.25) is 5.10 Å². The standard InChI is InChI=1S/C15H12F3N5O2/c16-15(17,18)7-1-2-10-11(5-7)20-13(19-10)12-8-6-23(14(24)25)4-3-9(8)21-22-12/h1-2,5H,3-4,6H2,(H,19,20)(H,21,22)(H,24,25). The number of halogens is 3. The number of H-pyrrole nitrogens is 2. The maximum Gasteiger partial charge on any atom is 0.416 e. The van der Waals surface area contributed by atoms with Crippen LogP contribution < -0.4 is 0 Å². The number of nitrogens with one attached hydrogen (secondary N) is 2. The summed E-state index contributed by atoms with van der Waals surface area (Å²) in [4.78, 5) is 19.6. The van der Waals surface area contributed by atoms with Crippen LogP contribution in [-0.4, -0.2) is 42.8 Å². The van der Waals surface area contributed by atoms with Crippen molar-refractivity contribution in [3.8, 4) is 11.5 Å². The van der Waals surface area contributed by atoms with Crippen molar-refractivity contribution in [1.29, 1.82) is 0 Å². The number of aromatic nitrogens is 4. The number of fused-ring (bicyclic) bond motifs is 2. The van der Waals surface area contributed by atoms with Gasteiger partial charge in [0.25, 0.3) is 0 Å². The van der Waals surface area contributed by atoms with Gasteiger partial charge in [0.05, 0.1) is 23.1 Å². The number of nitrogens with zero attached hydrogens (tertiary/aromatic N) is 3. The highest BCUT2D eigenvalue weighted by atomic mass is 19.4. The van der Waals surface area contributed by atoms with E-state index in [2.05, 4.69) is 20.2 Å². The molecule has 0 unspecified atom stereocenters. The van der Waals surface area contributed by atoms with Crippen LogP contribution in [0.25, 0.3) is 22.6 Å². The fourth-order valence-corrected chi connectivity index (χ4v) is 2.95. The SMILES string of the molecule is O=C(O)N1CCc2[nH]nc(-c3nc4ccc(C(F)(F)F)cc4[nH]3)c2C1. The van der Waals surface area contributed by atoms with Crippen molar-refractivity contribution in [1.82, 2.24) is 25.1 Å². The second kappa shape index (κ2) is 5.23. The van der Waals surface area contributed by atoms with Crippen LogP contribution in [0.1, 0.15) is 16.8 Å². The maximum atomic E-state index is 12.8. The number of imidazole rings is 1. The molecule has 4 rings (SSSR count). The highest BCUT2D eigenvalue weighted by molar-refractivity contribution is 5.80. The summed E-state index contributed by atoms with van der Waals surface area (Å²) in [6.45, 7) is 0.514. The van der Waals surface area contributed by atoms with Gasteiger partial charge in [0.2, 0.25) is 0 Å². The summed E-state index contributed by atoms with van der Waals surface area (Å²) in [6.07, 6.45) is -4.97. The Labute approximate surface area is 138 Å². The van der Waals surface area contributed by atoms with Crippen LogP contribution in [0.3, 0.4) is 0 Å². The topological polar surface area (TPSA) is 97.9 Å². The monoisotopic (exact) mass is 351 g/mol. The van der Waals surface area contributed by atoms with Gasteiger partial charge in [-0.25, -0.2) is 9.78 Å². The Hall–Kier alpha value is -3.04. The Morgan fingerprint density at radius 1 is 1.32 bits per heavy atom. The predicted octanol–water partition coefficient (Wildman–Crippen LogP) is 3.01.